The number of aryl methyl sites for hydroxylation is 2. The van der Waals surface area contributed by atoms with Crippen molar-refractivity contribution in [1.29, 1.82) is 10.5 Å². The van der Waals surface area contributed by atoms with Gasteiger partial charge in [-0.3, -0.25) is 0 Å². The van der Waals surface area contributed by atoms with Crippen LogP contribution in [-0.2, 0) is 12.8 Å². The fraction of sp³-hybridized carbons (Fsp3) is 0.300. The highest BCUT2D eigenvalue weighted by Gasteiger charge is 2.13. The van der Waals surface area contributed by atoms with Gasteiger partial charge in [0.05, 0.1) is 30.2 Å². The van der Waals surface area contributed by atoms with Crippen LogP contribution in [0.2, 0.25) is 0 Å². The third-order valence-corrected chi connectivity index (χ3v) is 4.32. The predicted octanol–water partition coefficient (Wildman–Crippen LogP) is 4.12. The van der Waals surface area contributed by atoms with Crippen LogP contribution in [0.15, 0.2) is 42.5 Å². The van der Waals surface area contributed by atoms with Gasteiger partial charge in [0.2, 0.25) is 0 Å². The van der Waals surface area contributed by atoms with Gasteiger partial charge in [0, 0.05) is 6.42 Å². The van der Waals surface area contributed by atoms with Gasteiger partial charge in [-0.25, -0.2) is 0 Å². The lowest BCUT2D eigenvalue weighted by Crippen LogP contribution is -2.05. The average Bonchev–Trinajstić information content (AvgIpc) is 3.06. The molecule has 0 radical (unpaired) electrons. The summed E-state index contributed by atoms with van der Waals surface area (Å²) in [5, 5.41) is 18.3. The van der Waals surface area contributed by atoms with E-state index in [-0.39, 0.29) is 5.92 Å². The number of ether oxygens (including phenoxy) is 1. The second-order valence-corrected chi connectivity index (χ2v) is 5.84. The lowest BCUT2D eigenvalue weighted by atomic mass is 9.96. The first-order valence-electron chi connectivity index (χ1n) is 7.94. The molecule has 0 saturated carbocycles. The van der Waals surface area contributed by atoms with Gasteiger partial charge in [-0.2, -0.15) is 10.5 Å². The zero-order valence-electron chi connectivity index (χ0n) is 13.0. The van der Waals surface area contributed by atoms with Crippen LogP contribution in [0, 0.1) is 22.7 Å². The van der Waals surface area contributed by atoms with Crippen LogP contribution in [0.5, 0.6) is 5.75 Å². The Hall–Kier alpha value is -2.78. The van der Waals surface area contributed by atoms with E-state index in [2.05, 4.69) is 24.3 Å². The molecule has 3 nitrogen and oxygen atoms in total. The highest BCUT2D eigenvalue weighted by Crippen LogP contribution is 2.27. The van der Waals surface area contributed by atoms with Crippen molar-refractivity contribution in [2.75, 3.05) is 6.61 Å². The minimum atomic E-state index is -0.252. The Kier molecular flexibility index (Phi) is 4.60. The van der Waals surface area contributed by atoms with Gasteiger partial charge in [-0.05, 0) is 60.2 Å². The monoisotopic (exact) mass is 302 g/mol. The molecule has 2 aromatic carbocycles. The van der Waals surface area contributed by atoms with Crippen LogP contribution < -0.4 is 4.74 Å². The maximum Gasteiger partial charge on any atom is 0.119 e. The Bertz CT molecular complexity index is 783. The van der Waals surface area contributed by atoms with Crippen LogP contribution in [0.3, 0.4) is 0 Å². The normalized spacial score (nSPS) is 13.7. The van der Waals surface area contributed by atoms with Crippen molar-refractivity contribution in [2.24, 2.45) is 0 Å². The SMILES string of the molecule is N#Cc1cccc(C(C#N)CCOc2ccc3c(c2)CCC3)c1. The first kappa shape index (κ1) is 15.1. The van der Waals surface area contributed by atoms with Crippen LogP contribution in [-0.4, -0.2) is 6.61 Å². The minimum absolute atomic E-state index is 0.252. The summed E-state index contributed by atoms with van der Waals surface area (Å²) in [5.74, 6) is 0.630. The second kappa shape index (κ2) is 6.99. The van der Waals surface area contributed by atoms with Crippen molar-refractivity contribution in [1.82, 2.24) is 0 Å². The van der Waals surface area contributed by atoms with Crippen molar-refractivity contribution in [3.63, 3.8) is 0 Å². The molecule has 0 spiro atoms. The number of fused-ring (bicyclic) bond motifs is 1. The molecule has 1 unspecified atom stereocenters. The van der Waals surface area contributed by atoms with Gasteiger partial charge >= 0.3 is 0 Å². The van der Waals surface area contributed by atoms with E-state index in [1.165, 1.54) is 24.0 Å². The second-order valence-electron chi connectivity index (χ2n) is 5.84. The first-order valence-corrected chi connectivity index (χ1v) is 7.94. The van der Waals surface area contributed by atoms with Crippen molar-refractivity contribution in [3.05, 3.63) is 64.7 Å². The maximum atomic E-state index is 9.38. The van der Waals surface area contributed by atoms with Gasteiger partial charge in [0.25, 0.3) is 0 Å². The highest BCUT2D eigenvalue weighted by molar-refractivity contribution is 5.38. The van der Waals surface area contributed by atoms with E-state index >= 15 is 0 Å². The number of hydrogen-bond acceptors (Lipinski definition) is 3. The molecule has 0 N–H and O–H groups in total. The van der Waals surface area contributed by atoms with Crippen LogP contribution in [0.4, 0.5) is 0 Å². The molecule has 3 rings (SSSR count). The summed E-state index contributed by atoms with van der Waals surface area (Å²) in [6, 6.07) is 18.0. The standard InChI is InChI=1S/C20H18N2O/c21-13-15-3-1-5-17(11-15)19(14-22)9-10-23-20-8-7-16-4-2-6-18(16)12-20/h1,3,5,7-8,11-12,19H,2,4,6,9-10H2. The number of nitrogens with zero attached hydrogens (tertiary/aromatic N) is 2. The molecule has 0 fully saturated rings. The Labute approximate surface area is 136 Å². The first-order chi connectivity index (χ1) is 11.3. The Morgan fingerprint density at radius 1 is 1.04 bits per heavy atom. The maximum absolute atomic E-state index is 9.38. The number of benzene rings is 2. The van der Waals surface area contributed by atoms with Gasteiger partial charge in [0.15, 0.2) is 0 Å². The number of nitriles is 2. The summed E-state index contributed by atoms with van der Waals surface area (Å²) in [4.78, 5) is 0. The molecule has 1 aliphatic rings. The largest absolute Gasteiger partial charge is 0.494 e. The molecule has 1 aliphatic carbocycles. The summed E-state index contributed by atoms with van der Waals surface area (Å²) in [6.45, 7) is 0.494. The van der Waals surface area contributed by atoms with Crippen LogP contribution in [0.1, 0.15) is 41.0 Å². The van der Waals surface area contributed by atoms with E-state index in [1.54, 1.807) is 12.1 Å². The molecule has 114 valence electrons. The summed E-state index contributed by atoms with van der Waals surface area (Å²) >= 11 is 0. The molecule has 2 aromatic rings. The fourth-order valence-electron chi connectivity index (χ4n) is 3.06. The molecular formula is C20H18N2O. The molecule has 23 heavy (non-hydrogen) atoms. The van der Waals surface area contributed by atoms with E-state index < -0.39 is 0 Å². The van der Waals surface area contributed by atoms with E-state index in [4.69, 9.17) is 10.00 Å². The fourth-order valence-corrected chi connectivity index (χ4v) is 3.06. The predicted molar refractivity (Wildman–Crippen MR) is 88.1 cm³/mol. The third-order valence-electron chi connectivity index (χ3n) is 4.32. The minimum Gasteiger partial charge on any atom is -0.494 e. The number of hydrogen-bond donors (Lipinski definition) is 0. The number of rotatable bonds is 5. The zero-order valence-corrected chi connectivity index (χ0v) is 13.0. The molecule has 0 bridgehead atoms. The summed E-state index contributed by atoms with van der Waals surface area (Å²) in [6.07, 6.45) is 4.14. The smallest absolute Gasteiger partial charge is 0.119 e. The van der Waals surface area contributed by atoms with Crippen molar-refractivity contribution in [2.45, 2.75) is 31.6 Å². The van der Waals surface area contributed by atoms with Crippen molar-refractivity contribution in [3.8, 4) is 17.9 Å². The van der Waals surface area contributed by atoms with Crippen LogP contribution in [0.25, 0.3) is 0 Å². The Balaban J connectivity index is 1.60. The molecule has 0 saturated heterocycles. The molecular weight excluding hydrogens is 284 g/mol. The zero-order chi connectivity index (χ0) is 16.1. The van der Waals surface area contributed by atoms with Gasteiger partial charge in [-0.1, -0.05) is 18.2 Å². The van der Waals surface area contributed by atoms with E-state index in [0.29, 0.717) is 18.6 Å². The highest BCUT2D eigenvalue weighted by atomic mass is 16.5. The molecule has 3 heteroatoms. The average molecular weight is 302 g/mol. The Morgan fingerprint density at radius 3 is 2.74 bits per heavy atom. The van der Waals surface area contributed by atoms with Gasteiger partial charge < -0.3 is 4.74 Å². The molecule has 0 heterocycles. The van der Waals surface area contributed by atoms with Gasteiger partial charge in [-0.15, -0.1) is 0 Å². The van der Waals surface area contributed by atoms with E-state index in [1.807, 2.05) is 18.2 Å². The Morgan fingerprint density at radius 2 is 1.91 bits per heavy atom. The molecule has 1 atom stereocenters. The molecule has 0 amide bonds. The summed E-state index contributed by atoms with van der Waals surface area (Å²) < 4.78 is 5.83. The topological polar surface area (TPSA) is 56.8 Å². The molecule has 0 aromatic heterocycles. The van der Waals surface area contributed by atoms with E-state index in [0.717, 1.165) is 17.7 Å². The quantitative estimate of drug-likeness (QED) is 0.834. The summed E-state index contributed by atoms with van der Waals surface area (Å²) in [7, 11) is 0. The lowest BCUT2D eigenvalue weighted by Gasteiger charge is -2.12. The van der Waals surface area contributed by atoms with Crippen molar-refractivity contribution < 1.29 is 4.74 Å². The van der Waals surface area contributed by atoms with Crippen LogP contribution >= 0.6 is 0 Å². The molecule has 0 aliphatic heterocycles. The third kappa shape index (κ3) is 3.52. The van der Waals surface area contributed by atoms with Crippen molar-refractivity contribution >= 4 is 0 Å². The lowest BCUT2D eigenvalue weighted by molar-refractivity contribution is 0.305. The summed E-state index contributed by atoms with van der Waals surface area (Å²) in [5.41, 5.74) is 4.29. The van der Waals surface area contributed by atoms with Gasteiger partial charge in [0.1, 0.15) is 5.75 Å². The van der Waals surface area contributed by atoms with E-state index in [9.17, 15) is 5.26 Å².